The maximum Gasteiger partial charge on any atom is 0.283 e. The van der Waals surface area contributed by atoms with Gasteiger partial charge in [0.2, 0.25) is 5.17 Å². The Labute approximate surface area is 223 Å². The van der Waals surface area contributed by atoms with Crippen molar-refractivity contribution in [2.24, 2.45) is 10.1 Å². The van der Waals surface area contributed by atoms with Crippen molar-refractivity contribution in [3.63, 3.8) is 0 Å². The number of hydrazone groups is 1. The molecule has 0 fully saturated rings. The van der Waals surface area contributed by atoms with Crippen molar-refractivity contribution < 1.29 is 4.79 Å². The van der Waals surface area contributed by atoms with Crippen LogP contribution in [0.2, 0.25) is 0 Å². The number of hydrogen-bond donors (Lipinski definition) is 1. The summed E-state index contributed by atoms with van der Waals surface area (Å²) in [5.74, 6) is -0.395. The normalized spacial score (nSPS) is 16.3. The molecule has 1 aromatic heterocycles. The Balaban J connectivity index is 1.28. The highest BCUT2D eigenvalue weighted by Gasteiger charge is 2.36. The average Bonchev–Trinajstić information content (AvgIpc) is 3.54. The molecule has 2 aliphatic rings. The molecule has 0 unspecified atom stereocenters. The number of aromatic nitrogens is 1. The lowest BCUT2D eigenvalue weighted by molar-refractivity contribution is -0.114. The summed E-state index contributed by atoms with van der Waals surface area (Å²) in [4.78, 5) is 17.4. The van der Waals surface area contributed by atoms with Crippen LogP contribution in [0.5, 0.6) is 0 Å². The lowest BCUT2D eigenvalue weighted by Gasteiger charge is -2.20. The molecule has 1 N–H and O–H groups in total. The van der Waals surface area contributed by atoms with Crippen LogP contribution in [0, 0.1) is 5.41 Å². The fraction of sp³-hybridized carbons (Fsp3) is 0.0323. The van der Waals surface area contributed by atoms with E-state index in [4.69, 9.17) is 5.41 Å². The Morgan fingerprint density at radius 3 is 2.45 bits per heavy atom. The minimum Gasteiger partial charge on any atom is -0.342 e. The number of para-hydroxylation sites is 1. The van der Waals surface area contributed by atoms with E-state index in [-0.39, 0.29) is 11.4 Å². The van der Waals surface area contributed by atoms with Gasteiger partial charge < -0.3 is 4.57 Å². The van der Waals surface area contributed by atoms with E-state index in [1.165, 1.54) is 33.1 Å². The standard InChI is InChI=1S/C31H21N5OS/c32-28-26(29(37)33-31-36(28)34-30(38-31)21-10-2-1-3-11-21)17-23-19-35(27-16-7-6-15-25(23)27)18-22-13-8-12-20-9-4-5-14-24(20)22/h1-17,19,32H,18H2/b26-17-,32-28?. The van der Waals surface area contributed by atoms with Crippen LogP contribution in [0.4, 0.5) is 0 Å². The second-order valence-corrected chi connectivity index (χ2v) is 10.1. The molecule has 6 nitrogen and oxygen atoms in total. The van der Waals surface area contributed by atoms with E-state index >= 15 is 0 Å². The van der Waals surface area contributed by atoms with Gasteiger partial charge in [-0.2, -0.15) is 15.1 Å². The lowest BCUT2D eigenvalue weighted by Crippen LogP contribution is -2.35. The van der Waals surface area contributed by atoms with Gasteiger partial charge in [0.15, 0.2) is 5.84 Å². The lowest BCUT2D eigenvalue weighted by atomic mass is 10.0. The first-order chi connectivity index (χ1) is 18.7. The van der Waals surface area contributed by atoms with Crippen LogP contribution in [0.25, 0.3) is 27.8 Å². The van der Waals surface area contributed by atoms with Crippen molar-refractivity contribution in [1.82, 2.24) is 9.58 Å². The molecule has 182 valence electrons. The third-order valence-corrected chi connectivity index (χ3v) is 7.77. The molecular formula is C31H21N5OS. The number of hydrogen-bond acceptors (Lipinski definition) is 4. The molecule has 4 aromatic carbocycles. The Bertz CT molecular complexity index is 1860. The molecule has 3 heterocycles. The molecule has 38 heavy (non-hydrogen) atoms. The fourth-order valence-corrected chi connectivity index (χ4v) is 5.88. The fourth-order valence-electron chi connectivity index (χ4n) is 4.98. The Hall–Kier alpha value is -4.75. The summed E-state index contributed by atoms with van der Waals surface area (Å²) >= 11 is 1.31. The van der Waals surface area contributed by atoms with E-state index in [0.29, 0.717) is 11.7 Å². The molecule has 0 spiro atoms. The van der Waals surface area contributed by atoms with Gasteiger partial charge in [-0.1, -0.05) is 91.0 Å². The van der Waals surface area contributed by atoms with Crippen LogP contribution in [-0.4, -0.2) is 31.5 Å². The van der Waals surface area contributed by atoms with E-state index in [1.54, 1.807) is 6.08 Å². The van der Waals surface area contributed by atoms with Crippen molar-refractivity contribution in [3.8, 4) is 0 Å². The third kappa shape index (κ3) is 3.76. The first-order valence-corrected chi connectivity index (χ1v) is 13.1. The first-order valence-electron chi connectivity index (χ1n) is 12.3. The molecule has 0 saturated heterocycles. The topological polar surface area (TPSA) is 73.8 Å². The molecule has 0 saturated carbocycles. The third-order valence-electron chi connectivity index (χ3n) is 6.82. The monoisotopic (exact) mass is 511 g/mol. The van der Waals surface area contributed by atoms with Gasteiger partial charge in [-0.05, 0) is 40.2 Å². The number of amides is 1. The zero-order valence-electron chi connectivity index (χ0n) is 20.2. The van der Waals surface area contributed by atoms with Gasteiger partial charge in [0.1, 0.15) is 5.04 Å². The maximum absolute atomic E-state index is 13.1. The first kappa shape index (κ1) is 22.4. The molecule has 0 aliphatic carbocycles. The van der Waals surface area contributed by atoms with Gasteiger partial charge in [0.05, 0.1) is 5.57 Å². The summed E-state index contributed by atoms with van der Waals surface area (Å²) in [6, 6.07) is 32.6. The zero-order chi connectivity index (χ0) is 25.6. The summed E-state index contributed by atoms with van der Waals surface area (Å²) < 4.78 is 2.20. The van der Waals surface area contributed by atoms with Crippen molar-refractivity contribution in [2.75, 3.05) is 0 Å². The van der Waals surface area contributed by atoms with E-state index in [0.717, 1.165) is 27.1 Å². The molecule has 5 aromatic rings. The molecule has 7 heteroatoms. The smallest absolute Gasteiger partial charge is 0.283 e. The van der Waals surface area contributed by atoms with Crippen molar-refractivity contribution >= 4 is 61.5 Å². The number of benzene rings is 4. The number of fused-ring (bicyclic) bond motifs is 3. The van der Waals surface area contributed by atoms with Crippen LogP contribution in [0.1, 0.15) is 16.7 Å². The summed E-state index contributed by atoms with van der Waals surface area (Å²) in [6.07, 6.45) is 3.82. The summed E-state index contributed by atoms with van der Waals surface area (Å²) in [7, 11) is 0. The van der Waals surface area contributed by atoms with Gasteiger partial charge in [0, 0.05) is 34.8 Å². The van der Waals surface area contributed by atoms with Crippen molar-refractivity contribution in [3.05, 3.63) is 126 Å². The minimum absolute atomic E-state index is 0.0318. The molecule has 1 amide bonds. The number of carbonyl (C=O) groups is 1. The minimum atomic E-state index is -0.427. The number of nitrogens with one attached hydrogen (secondary N) is 1. The highest BCUT2D eigenvalue weighted by atomic mass is 32.2. The van der Waals surface area contributed by atoms with E-state index in [1.807, 2.05) is 48.5 Å². The van der Waals surface area contributed by atoms with Crippen LogP contribution >= 0.6 is 11.8 Å². The number of rotatable bonds is 4. The largest absolute Gasteiger partial charge is 0.342 e. The van der Waals surface area contributed by atoms with E-state index < -0.39 is 5.91 Å². The van der Waals surface area contributed by atoms with Gasteiger partial charge >= 0.3 is 0 Å². The number of thioether (sulfide) groups is 1. The summed E-state index contributed by atoms with van der Waals surface area (Å²) in [5.41, 5.74) is 4.30. The van der Waals surface area contributed by atoms with Crippen LogP contribution < -0.4 is 0 Å². The summed E-state index contributed by atoms with van der Waals surface area (Å²) in [5, 5.41) is 19.4. The maximum atomic E-state index is 13.1. The number of aliphatic imine (C=N–C) groups is 1. The van der Waals surface area contributed by atoms with Gasteiger partial charge in [0.25, 0.3) is 5.91 Å². The second-order valence-electron chi connectivity index (χ2n) is 9.16. The molecular weight excluding hydrogens is 490 g/mol. The quantitative estimate of drug-likeness (QED) is 0.280. The molecule has 0 bridgehead atoms. The number of amidine groups is 2. The Kier molecular flexibility index (Phi) is 5.30. The Morgan fingerprint density at radius 1 is 0.842 bits per heavy atom. The summed E-state index contributed by atoms with van der Waals surface area (Å²) in [6.45, 7) is 0.687. The van der Waals surface area contributed by atoms with Crippen molar-refractivity contribution in [1.29, 1.82) is 5.41 Å². The van der Waals surface area contributed by atoms with E-state index in [9.17, 15) is 4.79 Å². The highest BCUT2D eigenvalue weighted by molar-refractivity contribution is 8.27. The SMILES string of the molecule is N=C1/C(=C/c2cn(Cc3cccc4ccccc34)c3ccccc23)C(=O)N=C2SC(c3ccccc3)=NN12. The number of nitrogens with zero attached hydrogens (tertiary/aromatic N) is 4. The average molecular weight is 512 g/mol. The molecule has 0 radical (unpaired) electrons. The van der Waals surface area contributed by atoms with Crippen LogP contribution in [0.3, 0.4) is 0 Å². The van der Waals surface area contributed by atoms with Gasteiger partial charge in [-0.3, -0.25) is 10.2 Å². The van der Waals surface area contributed by atoms with Crippen LogP contribution in [0.15, 0.2) is 119 Å². The Morgan fingerprint density at radius 2 is 1.58 bits per heavy atom. The van der Waals surface area contributed by atoms with Gasteiger partial charge in [-0.15, -0.1) is 0 Å². The van der Waals surface area contributed by atoms with Crippen LogP contribution in [-0.2, 0) is 11.3 Å². The zero-order valence-corrected chi connectivity index (χ0v) is 21.0. The molecule has 0 atom stereocenters. The molecule has 2 aliphatic heterocycles. The number of carbonyl (C=O) groups excluding carboxylic acids is 1. The van der Waals surface area contributed by atoms with Crippen molar-refractivity contribution in [2.45, 2.75) is 6.54 Å². The second kappa shape index (κ2) is 8.97. The van der Waals surface area contributed by atoms with Gasteiger partial charge in [-0.25, -0.2) is 0 Å². The highest BCUT2D eigenvalue weighted by Crippen LogP contribution is 2.32. The molecule has 7 rings (SSSR count). The van der Waals surface area contributed by atoms with E-state index in [2.05, 4.69) is 69.4 Å². The predicted molar refractivity (Wildman–Crippen MR) is 156 cm³/mol. The predicted octanol–water partition coefficient (Wildman–Crippen LogP) is 6.51.